The fraction of sp³-hybridized carbons (Fsp3) is 0.294. The van der Waals surface area contributed by atoms with E-state index in [4.69, 9.17) is 9.05 Å². The van der Waals surface area contributed by atoms with E-state index in [9.17, 15) is 4.57 Å². The molecule has 1 aromatic heterocycles. The molecule has 0 aliphatic rings. The molecule has 0 N–H and O–H groups in total. The molecule has 0 atom stereocenters. The van der Waals surface area contributed by atoms with Crippen LogP contribution in [0.1, 0.15) is 19.4 Å². The largest absolute Gasteiger partial charge is 0.335 e. The summed E-state index contributed by atoms with van der Waals surface area (Å²) in [6, 6.07) is 14.5. The predicted molar refractivity (Wildman–Crippen MR) is 93.9 cm³/mol. The first-order valence-electron chi connectivity index (χ1n) is 7.44. The SMILES string of the molecule is CCOP(=O)(Cc1cccc2c1sc1ccccc12)OCC. The summed E-state index contributed by atoms with van der Waals surface area (Å²) < 4.78 is 26.1. The lowest BCUT2D eigenvalue weighted by atomic mass is 10.1. The molecule has 0 unspecified atom stereocenters. The lowest BCUT2D eigenvalue weighted by molar-refractivity contribution is 0.219. The summed E-state index contributed by atoms with van der Waals surface area (Å²) in [4.78, 5) is 0. The van der Waals surface area contributed by atoms with Crippen molar-refractivity contribution in [2.45, 2.75) is 20.0 Å². The highest BCUT2D eigenvalue weighted by Gasteiger charge is 2.25. The molecule has 22 heavy (non-hydrogen) atoms. The Morgan fingerprint density at radius 3 is 2.36 bits per heavy atom. The van der Waals surface area contributed by atoms with Gasteiger partial charge >= 0.3 is 7.60 Å². The Morgan fingerprint density at radius 1 is 0.955 bits per heavy atom. The maximum Gasteiger partial charge on any atom is 0.335 e. The molecule has 0 saturated carbocycles. The van der Waals surface area contributed by atoms with Crippen LogP contribution in [0.2, 0.25) is 0 Å². The van der Waals surface area contributed by atoms with E-state index in [-0.39, 0.29) is 0 Å². The first kappa shape index (κ1) is 15.7. The van der Waals surface area contributed by atoms with Crippen LogP contribution in [0.25, 0.3) is 20.2 Å². The van der Waals surface area contributed by atoms with Crippen LogP contribution in [0.15, 0.2) is 42.5 Å². The molecule has 3 aromatic rings. The highest BCUT2D eigenvalue weighted by Crippen LogP contribution is 2.52. The van der Waals surface area contributed by atoms with Crippen LogP contribution in [0.4, 0.5) is 0 Å². The van der Waals surface area contributed by atoms with Crippen LogP contribution in [-0.4, -0.2) is 13.2 Å². The molecule has 116 valence electrons. The standard InChI is InChI=1S/C17H19O3PS/c1-3-19-21(18,20-4-2)12-13-8-7-10-15-14-9-5-6-11-16(14)22-17(13)15/h5-11H,3-4,12H2,1-2H3. The second-order valence-electron chi connectivity index (χ2n) is 5.00. The van der Waals surface area contributed by atoms with Crippen molar-refractivity contribution in [3.05, 3.63) is 48.0 Å². The van der Waals surface area contributed by atoms with Gasteiger partial charge in [-0.3, -0.25) is 4.57 Å². The zero-order valence-corrected chi connectivity index (χ0v) is 14.5. The molecule has 0 fully saturated rings. The van der Waals surface area contributed by atoms with Crippen molar-refractivity contribution in [2.75, 3.05) is 13.2 Å². The third-order valence-corrected chi connectivity index (χ3v) is 6.79. The van der Waals surface area contributed by atoms with E-state index in [1.807, 2.05) is 38.1 Å². The Kier molecular flexibility index (Phi) is 4.65. The Balaban J connectivity index is 2.09. The molecule has 1 heterocycles. The van der Waals surface area contributed by atoms with Crippen molar-refractivity contribution >= 4 is 39.1 Å². The zero-order chi connectivity index (χ0) is 15.6. The maximum absolute atomic E-state index is 12.8. The van der Waals surface area contributed by atoms with Gasteiger partial charge in [0.25, 0.3) is 0 Å². The van der Waals surface area contributed by atoms with Gasteiger partial charge in [-0.05, 0) is 25.5 Å². The number of thiophene rings is 1. The molecule has 0 aliphatic carbocycles. The first-order chi connectivity index (χ1) is 10.7. The Morgan fingerprint density at radius 2 is 1.64 bits per heavy atom. The van der Waals surface area contributed by atoms with Gasteiger partial charge in [0.1, 0.15) is 0 Å². The number of fused-ring (bicyclic) bond motifs is 3. The number of hydrogen-bond donors (Lipinski definition) is 0. The predicted octanol–water partition coefficient (Wildman–Crippen LogP) is 5.82. The van der Waals surface area contributed by atoms with Crippen molar-refractivity contribution in [1.29, 1.82) is 0 Å². The summed E-state index contributed by atoms with van der Waals surface area (Å²) in [5, 5.41) is 2.45. The summed E-state index contributed by atoms with van der Waals surface area (Å²) in [6.07, 6.45) is 0.318. The monoisotopic (exact) mass is 334 g/mol. The minimum atomic E-state index is -3.08. The molecule has 2 aromatic carbocycles. The highest BCUT2D eigenvalue weighted by atomic mass is 32.1. The third kappa shape index (κ3) is 2.97. The van der Waals surface area contributed by atoms with Gasteiger partial charge in [-0.1, -0.05) is 36.4 Å². The van der Waals surface area contributed by atoms with Crippen molar-refractivity contribution in [2.24, 2.45) is 0 Å². The molecular weight excluding hydrogens is 315 g/mol. The van der Waals surface area contributed by atoms with Crippen molar-refractivity contribution in [3.63, 3.8) is 0 Å². The molecule has 0 saturated heterocycles. The summed E-state index contributed by atoms with van der Waals surface area (Å²) in [7, 11) is -3.08. The zero-order valence-electron chi connectivity index (χ0n) is 12.7. The number of rotatable bonds is 6. The van der Waals surface area contributed by atoms with Crippen LogP contribution >= 0.6 is 18.9 Å². The summed E-state index contributed by atoms with van der Waals surface area (Å²) in [5.41, 5.74) is 1.03. The van der Waals surface area contributed by atoms with E-state index in [1.54, 1.807) is 11.3 Å². The highest BCUT2D eigenvalue weighted by molar-refractivity contribution is 7.53. The molecule has 0 amide bonds. The van der Waals surface area contributed by atoms with Gasteiger partial charge in [0, 0.05) is 20.2 Å². The van der Waals surface area contributed by atoms with Crippen molar-refractivity contribution in [3.8, 4) is 0 Å². The Bertz CT molecular complexity index is 830. The number of hydrogen-bond acceptors (Lipinski definition) is 4. The van der Waals surface area contributed by atoms with Gasteiger partial charge in [-0.25, -0.2) is 0 Å². The Hall–Kier alpha value is -1.19. The van der Waals surface area contributed by atoms with Crippen LogP contribution in [0.5, 0.6) is 0 Å². The third-order valence-electron chi connectivity index (χ3n) is 3.50. The normalized spacial score (nSPS) is 12.3. The second kappa shape index (κ2) is 6.51. The summed E-state index contributed by atoms with van der Waals surface area (Å²) >= 11 is 1.73. The molecule has 0 bridgehead atoms. The number of benzene rings is 2. The molecule has 0 radical (unpaired) electrons. The average molecular weight is 334 g/mol. The molecular formula is C17H19O3PS. The van der Waals surface area contributed by atoms with Gasteiger partial charge in [0.05, 0.1) is 19.4 Å². The van der Waals surface area contributed by atoms with Crippen molar-refractivity contribution < 1.29 is 13.6 Å². The van der Waals surface area contributed by atoms with E-state index >= 15 is 0 Å². The topological polar surface area (TPSA) is 35.5 Å². The van der Waals surface area contributed by atoms with E-state index in [1.165, 1.54) is 20.2 Å². The summed E-state index contributed by atoms with van der Waals surface area (Å²) in [6.45, 7) is 4.46. The van der Waals surface area contributed by atoms with E-state index in [2.05, 4.69) is 18.2 Å². The van der Waals surface area contributed by atoms with Crippen LogP contribution in [0.3, 0.4) is 0 Å². The fourth-order valence-electron chi connectivity index (χ4n) is 2.66. The first-order valence-corrected chi connectivity index (χ1v) is 9.98. The van der Waals surface area contributed by atoms with Crippen LogP contribution in [0, 0.1) is 0 Å². The minimum Gasteiger partial charge on any atom is -0.309 e. The van der Waals surface area contributed by atoms with Gasteiger partial charge in [0.15, 0.2) is 0 Å². The fourth-order valence-corrected chi connectivity index (χ4v) is 5.71. The molecule has 3 rings (SSSR count). The van der Waals surface area contributed by atoms with E-state index in [0.717, 1.165) is 5.56 Å². The van der Waals surface area contributed by atoms with Gasteiger partial charge in [-0.2, -0.15) is 0 Å². The second-order valence-corrected chi connectivity index (χ2v) is 8.10. The average Bonchev–Trinajstić information content (AvgIpc) is 2.88. The van der Waals surface area contributed by atoms with E-state index < -0.39 is 7.60 Å². The Labute approximate surface area is 134 Å². The van der Waals surface area contributed by atoms with E-state index in [0.29, 0.717) is 19.4 Å². The van der Waals surface area contributed by atoms with Gasteiger partial charge in [0.2, 0.25) is 0 Å². The smallest absolute Gasteiger partial charge is 0.309 e. The molecule has 0 spiro atoms. The quantitative estimate of drug-likeness (QED) is 0.533. The van der Waals surface area contributed by atoms with Crippen LogP contribution < -0.4 is 0 Å². The lowest BCUT2D eigenvalue weighted by Gasteiger charge is -2.17. The minimum absolute atomic E-state index is 0.318. The van der Waals surface area contributed by atoms with Crippen LogP contribution in [-0.2, 0) is 19.8 Å². The summed E-state index contributed by atoms with van der Waals surface area (Å²) in [5.74, 6) is 0. The molecule has 3 nitrogen and oxygen atoms in total. The van der Waals surface area contributed by atoms with Crippen molar-refractivity contribution in [1.82, 2.24) is 0 Å². The van der Waals surface area contributed by atoms with Gasteiger partial charge in [-0.15, -0.1) is 11.3 Å². The molecule has 5 heteroatoms. The maximum atomic E-state index is 12.8. The lowest BCUT2D eigenvalue weighted by Crippen LogP contribution is -1.99. The van der Waals surface area contributed by atoms with Gasteiger partial charge < -0.3 is 9.05 Å². The molecule has 0 aliphatic heterocycles.